The topological polar surface area (TPSA) is 29.5 Å². The van der Waals surface area contributed by atoms with Crippen LogP contribution in [0.25, 0.3) is 0 Å². The molecule has 0 saturated carbocycles. The molecular formula is C21H18Cl2O2. The normalized spacial score (nSPS) is 10.6. The smallest absolute Gasteiger partial charge is 0.137 e. The molecule has 0 aromatic heterocycles. The van der Waals surface area contributed by atoms with Gasteiger partial charge in [-0.3, -0.25) is 0 Å². The predicted molar refractivity (Wildman–Crippen MR) is 103 cm³/mol. The van der Waals surface area contributed by atoms with Gasteiger partial charge in [0.1, 0.15) is 18.1 Å². The van der Waals surface area contributed by atoms with Gasteiger partial charge in [0.15, 0.2) is 0 Å². The third kappa shape index (κ3) is 4.91. The number of phenolic OH excluding ortho intramolecular Hbond substituents is 1. The maximum Gasteiger partial charge on any atom is 0.137 e. The molecule has 0 spiro atoms. The number of benzene rings is 3. The molecule has 3 rings (SSSR count). The number of aromatic hydroxyl groups is 1. The highest BCUT2D eigenvalue weighted by molar-refractivity contribution is 6.35. The molecule has 0 unspecified atom stereocenters. The molecule has 4 heteroatoms. The monoisotopic (exact) mass is 372 g/mol. The van der Waals surface area contributed by atoms with E-state index in [0.717, 1.165) is 28.9 Å². The first kappa shape index (κ1) is 17.7. The van der Waals surface area contributed by atoms with Crippen LogP contribution in [0, 0.1) is 0 Å². The SMILES string of the molecule is Oc1c(Cl)cc(Cl)cc1CCc1cccc(OCc2ccccc2)c1. The Labute approximate surface area is 157 Å². The fourth-order valence-corrected chi connectivity index (χ4v) is 3.16. The zero-order valence-corrected chi connectivity index (χ0v) is 15.1. The van der Waals surface area contributed by atoms with Gasteiger partial charge in [0.2, 0.25) is 0 Å². The Morgan fingerprint density at radius 1 is 0.800 bits per heavy atom. The van der Waals surface area contributed by atoms with Crippen molar-refractivity contribution in [3.63, 3.8) is 0 Å². The van der Waals surface area contributed by atoms with Crippen molar-refractivity contribution < 1.29 is 9.84 Å². The number of ether oxygens (including phenoxy) is 1. The summed E-state index contributed by atoms with van der Waals surface area (Å²) in [7, 11) is 0. The third-order valence-corrected chi connectivity index (χ3v) is 4.44. The van der Waals surface area contributed by atoms with Gasteiger partial charge < -0.3 is 9.84 Å². The molecule has 0 heterocycles. The van der Waals surface area contributed by atoms with E-state index in [2.05, 4.69) is 0 Å². The third-order valence-electron chi connectivity index (χ3n) is 3.94. The highest BCUT2D eigenvalue weighted by Crippen LogP contribution is 2.32. The largest absolute Gasteiger partial charge is 0.506 e. The lowest BCUT2D eigenvalue weighted by atomic mass is 10.0. The van der Waals surface area contributed by atoms with Gasteiger partial charge in [0.05, 0.1) is 5.02 Å². The number of hydrogen-bond acceptors (Lipinski definition) is 2. The molecule has 0 saturated heterocycles. The van der Waals surface area contributed by atoms with Crippen LogP contribution in [0.15, 0.2) is 66.7 Å². The summed E-state index contributed by atoms with van der Waals surface area (Å²) in [6.07, 6.45) is 1.40. The molecule has 0 aliphatic heterocycles. The summed E-state index contributed by atoms with van der Waals surface area (Å²) in [6, 6.07) is 21.3. The van der Waals surface area contributed by atoms with Crippen LogP contribution in [-0.2, 0) is 19.4 Å². The Morgan fingerprint density at radius 3 is 2.36 bits per heavy atom. The van der Waals surface area contributed by atoms with E-state index in [1.165, 1.54) is 0 Å². The summed E-state index contributed by atoms with van der Waals surface area (Å²) in [5.74, 6) is 0.928. The zero-order valence-electron chi connectivity index (χ0n) is 13.6. The number of hydrogen-bond donors (Lipinski definition) is 1. The Kier molecular flexibility index (Phi) is 5.85. The summed E-state index contributed by atoms with van der Waals surface area (Å²) in [4.78, 5) is 0. The van der Waals surface area contributed by atoms with Gasteiger partial charge in [0, 0.05) is 5.02 Å². The van der Waals surface area contributed by atoms with Crippen molar-refractivity contribution in [3.05, 3.63) is 93.5 Å². The molecule has 0 atom stereocenters. The van der Waals surface area contributed by atoms with Crippen LogP contribution in [0.2, 0.25) is 10.0 Å². The predicted octanol–water partition coefficient (Wildman–Crippen LogP) is 6.06. The number of phenols is 1. The van der Waals surface area contributed by atoms with E-state index in [9.17, 15) is 5.11 Å². The minimum Gasteiger partial charge on any atom is -0.506 e. The molecule has 128 valence electrons. The average Bonchev–Trinajstić information content (AvgIpc) is 2.63. The second-order valence-corrected chi connectivity index (χ2v) is 6.66. The molecular weight excluding hydrogens is 355 g/mol. The minimum absolute atomic E-state index is 0.0996. The number of halogens is 2. The zero-order chi connectivity index (χ0) is 17.6. The lowest BCUT2D eigenvalue weighted by molar-refractivity contribution is 0.306. The Bertz CT molecular complexity index is 848. The lowest BCUT2D eigenvalue weighted by Crippen LogP contribution is -1.97. The van der Waals surface area contributed by atoms with E-state index in [-0.39, 0.29) is 10.8 Å². The van der Waals surface area contributed by atoms with Crippen molar-refractivity contribution in [2.45, 2.75) is 19.4 Å². The van der Waals surface area contributed by atoms with Crippen LogP contribution >= 0.6 is 23.2 Å². The molecule has 0 aliphatic carbocycles. The van der Waals surface area contributed by atoms with Crippen molar-refractivity contribution in [2.24, 2.45) is 0 Å². The molecule has 3 aromatic rings. The molecule has 2 nitrogen and oxygen atoms in total. The average molecular weight is 373 g/mol. The quantitative estimate of drug-likeness (QED) is 0.569. The molecule has 0 radical (unpaired) electrons. The lowest BCUT2D eigenvalue weighted by Gasteiger charge is -2.10. The maximum atomic E-state index is 10.0. The molecule has 0 amide bonds. The molecule has 0 aliphatic rings. The van der Waals surface area contributed by atoms with Crippen LogP contribution in [0.1, 0.15) is 16.7 Å². The maximum absolute atomic E-state index is 10.0. The van der Waals surface area contributed by atoms with E-state index < -0.39 is 0 Å². The first-order valence-electron chi connectivity index (χ1n) is 8.04. The summed E-state index contributed by atoms with van der Waals surface area (Å²) in [5, 5.41) is 10.9. The van der Waals surface area contributed by atoms with Crippen molar-refractivity contribution >= 4 is 23.2 Å². The van der Waals surface area contributed by atoms with Gasteiger partial charge in [-0.2, -0.15) is 0 Å². The van der Waals surface area contributed by atoms with Gasteiger partial charge in [-0.15, -0.1) is 0 Å². The summed E-state index contributed by atoms with van der Waals surface area (Å²) in [5.41, 5.74) is 3.00. The second kappa shape index (κ2) is 8.28. The van der Waals surface area contributed by atoms with Crippen LogP contribution in [-0.4, -0.2) is 5.11 Å². The summed E-state index contributed by atoms with van der Waals surface area (Å²) >= 11 is 12.0. The van der Waals surface area contributed by atoms with Gasteiger partial charge in [-0.05, 0) is 53.8 Å². The minimum atomic E-state index is 0.0996. The fraction of sp³-hybridized carbons (Fsp3) is 0.143. The van der Waals surface area contributed by atoms with Gasteiger partial charge in [-0.1, -0.05) is 65.7 Å². The summed E-state index contributed by atoms with van der Waals surface area (Å²) < 4.78 is 5.86. The first-order chi connectivity index (χ1) is 12.1. The van der Waals surface area contributed by atoms with Gasteiger partial charge in [-0.25, -0.2) is 0 Å². The highest BCUT2D eigenvalue weighted by atomic mass is 35.5. The first-order valence-corrected chi connectivity index (χ1v) is 8.80. The fourth-order valence-electron chi connectivity index (χ4n) is 2.62. The van der Waals surface area contributed by atoms with Crippen LogP contribution in [0.5, 0.6) is 11.5 Å². The highest BCUT2D eigenvalue weighted by Gasteiger charge is 2.08. The molecule has 25 heavy (non-hydrogen) atoms. The van der Waals surface area contributed by atoms with Crippen LogP contribution in [0.4, 0.5) is 0 Å². The standard InChI is InChI=1S/C21H18Cl2O2/c22-18-12-17(21(24)20(23)13-18)10-9-15-7-4-8-19(11-15)25-14-16-5-2-1-3-6-16/h1-8,11-13,24H,9-10,14H2. The molecule has 0 bridgehead atoms. The Morgan fingerprint density at radius 2 is 1.56 bits per heavy atom. The van der Waals surface area contributed by atoms with Crippen LogP contribution in [0.3, 0.4) is 0 Å². The van der Waals surface area contributed by atoms with Crippen molar-refractivity contribution in [1.29, 1.82) is 0 Å². The van der Waals surface area contributed by atoms with E-state index in [1.807, 2.05) is 54.6 Å². The number of aryl methyl sites for hydroxylation is 2. The summed E-state index contributed by atoms with van der Waals surface area (Å²) in [6.45, 7) is 0.537. The van der Waals surface area contributed by atoms with E-state index in [1.54, 1.807) is 12.1 Å². The van der Waals surface area contributed by atoms with Crippen LogP contribution < -0.4 is 4.74 Å². The second-order valence-electron chi connectivity index (χ2n) is 5.82. The Balaban J connectivity index is 1.64. The molecule has 0 fully saturated rings. The van der Waals surface area contributed by atoms with Crippen molar-refractivity contribution in [3.8, 4) is 11.5 Å². The van der Waals surface area contributed by atoms with E-state index >= 15 is 0 Å². The van der Waals surface area contributed by atoms with Gasteiger partial charge >= 0.3 is 0 Å². The van der Waals surface area contributed by atoms with Crippen molar-refractivity contribution in [2.75, 3.05) is 0 Å². The number of rotatable bonds is 6. The van der Waals surface area contributed by atoms with E-state index in [0.29, 0.717) is 18.1 Å². The van der Waals surface area contributed by atoms with E-state index in [4.69, 9.17) is 27.9 Å². The van der Waals surface area contributed by atoms with Crippen molar-refractivity contribution in [1.82, 2.24) is 0 Å². The molecule has 3 aromatic carbocycles. The Hall–Kier alpha value is -2.16. The van der Waals surface area contributed by atoms with Gasteiger partial charge in [0.25, 0.3) is 0 Å². The molecule has 1 N–H and O–H groups in total.